The van der Waals surface area contributed by atoms with E-state index in [9.17, 15) is 9.18 Å². The van der Waals surface area contributed by atoms with Crippen LogP contribution in [-0.4, -0.2) is 38.4 Å². The second-order valence-electron chi connectivity index (χ2n) is 5.02. The molecule has 3 heterocycles. The van der Waals surface area contributed by atoms with Crippen LogP contribution in [0.5, 0.6) is 0 Å². The fourth-order valence-electron chi connectivity index (χ4n) is 2.15. The van der Waals surface area contributed by atoms with Crippen molar-refractivity contribution in [1.29, 1.82) is 0 Å². The van der Waals surface area contributed by atoms with Gasteiger partial charge in [-0.1, -0.05) is 16.9 Å². The van der Waals surface area contributed by atoms with E-state index >= 15 is 0 Å². The minimum absolute atomic E-state index is 0.148. The summed E-state index contributed by atoms with van der Waals surface area (Å²) < 4.78 is 24.4. The van der Waals surface area contributed by atoms with Crippen molar-refractivity contribution >= 4 is 27.7 Å². The number of rotatable bonds is 4. The van der Waals surface area contributed by atoms with Crippen molar-refractivity contribution in [3.63, 3.8) is 0 Å². The van der Waals surface area contributed by atoms with Crippen molar-refractivity contribution in [2.45, 2.75) is 10.3 Å². The second-order valence-corrected chi connectivity index (χ2v) is 7.17. The minimum atomic E-state index is -0.715. The number of aromatic nitrogens is 4. The maximum atomic E-state index is 13.4. The predicted molar refractivity (Wildman–Crippen MR) is 85.6 cm³/mol. The van der Waals surface area contributed by atoms with E-state index in [-0.39, 0.29) is 10.3 Å². The van der Waals surface area contributed by atoms with Gasteiger partial charge in [-0.05, 0) is 44.4 Å². The summed E-state index contributed by atoms with van der Waals surface area (Å²) in [6.45, 7) is 1.71. The molecule has 0 amide bonds. The highest BCUT2D eigenvalue weighted by atomic mass is 79.9. The Bertz CT molecular complexity index is 951. The second kappa shape index (κ2) is 6.15. The third-order valence-corrected chi connectivity index (χ3v) is 5.22. The monoisotopic (exact) mass is 413 g/mol. The molecule has 0 saturated carbocycles. The lowest BCUT2D eigenvalue weighted by Gasteiger charge is -2.25. The standard InChI is InChI=1S/C13H9BrFN5O3S/c14-8-3-6(1-2-9(8)15)20-11(18-22-13(20)21)10-12(19-23-17-10)24-7-4-16-5-7/h1-3,7,16H,4-5H2. The normalized spacial score (nSPS) is 14.8. The zero-order chi connectivity index (χ0) is 16.7. The molecule has 2 aromatic heterocycles. The van der Waals surface area contributed by atoms with Gasteiger partial charge in [-0.25, -0.2) is 18.4 Å². The third kappa shape index (κ3) is 2.68. The third-order valence-electron chi connectivity index (χ3n) is 3.46. The molecule has 0 radical (unpaired) electrons. The van der Waals surface area contributed by atoms with Gasteiger partial charge in [0.1, 0.15) is 5.82 Å². The summed E-state index contributed by atoms with van der Waals surface area (Å²) in [5.41, 5.74) is 0.687. The van der Waals surface area contributed by atoms with E-state index in [4.69, 9.17) is 9.15 Å². The molecule has 0 aliphatic carbocycles. The fourth-order valence-corrected chi connectivity index (χ4v) is 3.55. The van der Waals surface area contributed by atoms with Crippen molar-refractivity contribution < 1.29 is 13.5 Å². The van der Waals surface area contributed by atoms with Gasteiger partial charge >= 0.3 is 5.76 Å². The van der Waals surface area contributed by atoms with E-state index in [0.717, 1.165) is 13.1 Å². The number of benzene rings is 1. The summed E-state index contributed by atoms with van der Waals surface area (Å²) in [6.07, 6.45) is 0. The summed E-state index contributed by atoms with van der Waals surface area (Å²) >= 11 is 4.58. The Kier molecular flexibility index (Phi) is 3.98. The first-order valence-electron chi connectivity index (χ1n) is 6.88. The van der Waals surface area contributed by atoms with E-state index in [1.165, 1.54) is 34.5 Å². The molecule has 0 unspecified atom stereocenters. The van der Waals surface area contributed by atoms with Gasteiger partial charge in [0.25, 0.3) is 0 Å². The Balaban J connectivity index is 1.79. The van der Waals surface area contributed by atoms with Gasteiger partial charge in [-0.3, -0.25) is 4.52 Å². The lowest BCUT2D eigenvalue weighted by molar-refractivity contribution is 0.299. The summed E-state index contributed by atoms with van der Waals surface area (Å²) in [6, 6.07) is 4.13. The molecule has 1 aliphatic rings. The Morgan fingerprint density at radius 3 is 2.88 bits per heavy atom. The first kappa shape index (κ1) is 15.5. The van der Waals surface area contributed by atoms with Crippen LogP contribution in [0.25, 0.3) is 17.2 Å². The molecule has 124 valence electrons. The molecule has 1 aromatic carbocycles. The number of halogens is 2. The smallest absolute Gasteiger partial charge is 0.314 e. The summed E-state index contributed by atoms with van der Waals surface area (Å²) in [7, 11) is 0. The molecule has 0 bridgehead atoms. The summed E-state index contributed by atoms with van der Waals surface area (Å²) in [5, 5.41) is 15.5. The van der Waals surface area contributed by atoms with E-state index in [2.05, 4.69) is 36.7 Å². The van der Waals surface area contributed by atoms with Gasteiger partial charge < -0.3 is 5.32 Å². The van der Waals surface area contributed by atoms with Crippen LogP contribution in [0.2, 0.25) is 0 Å². The number of hydrogen-bond acceptors (Lipinski definition) is 8. The van der Waals surface area contributed by atoms with Crippen LogP contribution in [0.1, 0.15) is 0 Å². The Hall–Kier alpha value is -1.98. The molecule has 1 N–H and O–H groups in total. The first-order chi connectivity index (χ1) is 11.6. The zero-order valence-electron chi connectivity index (χ0n) is 11.9. The maximum Gasteiger partial charge on any atom is 0.446 e. The van der Waals surface area contributed by atoms with Crippen LogP contribution in [0.4, 0.5) is 4.39 Å². The van der Waals surface area contributed by atoms with E-state index in [0.29, 0.717) is 21.7 Å². The lowest BCUT2D eigenvalue weighted by Crippen LogP contribution is -2.44. The predicted octanol–water partition coefficient (Wildman–Crippen LogP) is 1.84. The SMILES string of the molecule is O=c1onc(-c2nonc2SC2CNC2)n1-c1ccc(F)c(Br)c1. The molecule has 11 heteroatoms. The molecular weight excluding hydrogens is 405 g/mol. The Morgan fingerprint density at radius 1 is 1.33 bits per heavy atom. The van der Waals surface area contributed by atoms with Crippen LogP contribution >= 0.6 is 27.7 Å². The summed E-state index contributed by atoms with van der Waals surface area (Å²) in [5.74, 6) is -1.01. The van der Waals surface area contributed by atoms with Gasteiger partial charge in [0.05, 0.1) is 10.2 Å². The van der Waals surface area contributed by atoms with Crippen LogP contribution in [0.3, 0.4) is 0 Å². The Morgan fingerprint density at radius 2 is 2.17 bits per heavy atom. The molecule has 3 aromatic rings. The van der Waals surface area contributed by atoms with Gasteiger partial charge in [-0.2, -0.15) is 0 Å². The quantitative estimate of drug-likeness (QED) is 0.691. The van der Waals surface area contributed by atoms with Crippen LogP contribution in [-0.2, 0) is 0 Å². The molecule has 1 saturated heterocycles. The average Bonchev–Trinajstić information content (AvgIpc) is 3.12. The van der Waals surface area contributed by atoms with Crippen molar-refractivity contribution in [2.75, 3.05) is 13.1 Å². The van der Waals surface area contributed by atoms with Crippen molar-refractivity contribution in [3.05, 3.63) is 39.0 Å². The Labute approximate surface area is 146 Å². The first-order valence-corrected chi connectivity index (χ1v) is 8.55. The molecule has 8 nitrogen and oxygen atoms in total. The maximum absolute atomic E-state index is 13.4. The van der Waals surface area contributed by atoms with Gasteiger partial charge in [0.2, 0.25) is 5.82 Å². The molecule has 0 atom stereocenters. The summed E-state index contributed by atoms with van der Waals surface area (Å²) in [4.78, 5) is 12.1. The molecule has 4 rings (SSSR count). The van der Waals surface area contributed by atoms with Crippen molar-refractivity contribution in [2.24, 2.45) is 0 Å². The van der Waals surface area contributed by atoms with Gasteiger partial charge in [0, 0.05) is 18.3 Å². The zero-order valence-corrected chi connectivity index (χ0v) is 14.3. The number of nitrogens with one attached hydrogen (secondary N) is 1. The molecule has 0 spiro atoms. The molecule has 24 heavy (non-hydrogen) atoms. The van der Waals surface area contributed by atoms with Crippen LogP contribution in [0.15, 0.2) is 41.6 Å². The molecule has 1 fully saturated rings. The van der Waals surface area contributed by atoms with Crippen LogP contribution < -0.4 is 11.1 Å². The number of hydrogen-bond donors (Lipinski definition) is 1. The largest absolute Gasteiger partial charge is 0.446 e. The van der Waals surface area contributed by atoms with Crippen molar-refractivity contribution in [1.82, 2.24) is 25.4 Å². The lowest BCUT2D eigenvalue weighted by atomic mass is 10.3. The van der Waals surface area contributed by atoms with E-state index in [1.54, 1.807) is 0 Å². The van der Waals surface area contributed by atoms with Crippen molar-refractivity contribution in [3.8, 4) is 17.2 Å². The number of thioether (sulfide) groups is 1. The topological polar surface area (TPSA) is 99.0 Å². The average molecular weight is 414 g/mol. The highest BCUT2D eigenvalue weighted by Gasteiger charge is 2.27. The van der Waals surface area contributed by atoms with Gasteiger partial charge in [0.15, 0.2) is 10.7 Å². The van der Waals surface area contributed by atoms with E-state index < -0.39 is 11.6 Å². The van der Waals surface area contributed by atoms with Gasteiger partial charge in [-0.15, -0.1) is 0 Å². The minimum Gasteiger partial charge on any atom is -0.314 e. The van der Waals surface area contributed by atoms with Crippen LogP contribution in [0, 0.1) is 5.82 Å². The van der Waals surface area contributed by atoms with E-state index in [1.807, 2.05) is 0 Å². The highest BCUT2D eigenvalue weighted by Crippen LogP contribution is 2.32. The number of nitrogens with zero attached hydrogens (tertiary/aromatic N) is 4. The fraction of sp³-hybridized carbons (Fsp3) is 0.231. The molecule has 1 aliphatic heterocycles. The molecular formula is C13H9BrFN5O3S. The highest BCUT2D eigenvalue weighted by molar-refractivity contribution is 9.10.